The van der Waals surface area contributed by atoms with Gasteiger partial charge in [-0.05, 0) is 67.0 Å². The lowest BCUT2D eigenvalue weighted by Gasteiger charge is -2.40. The van der Waals surface area contributed by atoms with Crippen molar-refractivity contribution >= 4 is 10.9 Å². The molecule has 150 valence electrons. The Morgan fingerprint density at radius 2 is 1.79 bits per heavy atom. The summed E-state index contributed by atoms with van der Waals surface area (Å²) in [6.45, 7) is 3.41. The number of aromatic nitrogens is 2. The summed E-state index contributed by atoms with van der Waals surface area (Å²) in [4.78, 5) is 30.1. The van der Waals surface area contributed by atoms with Crippen molar-refractivity contribution in [1.82, 2.24) is 14.5 Å². The van der Waals surface area contributed by atoms with E-state index in [-0.39, 0.29) is 17.1 Å². The second kappa shape index (κ2) is 7.26. The van der Waals surface area contributed by atoms with Gasteiger partial charge in [-0.25, -0.2) is 9.18 Å². The molecule has 1 aliphatic heterocycles. The average Bonchev–Trinajstić information content (AvgIpc) is 3.02. The first-order valence-corrected chi connectivity index (χ1v) is 10.3. The summed E-state index contributed by atoms with van der Waals surface area (Å²) in [5.41, 5.74) is 1.26. The predicted molar refractivity (Wildman–Crippen MR) is 111 cm³/mol. The Morgan fingerprint density at radius 3 is 2.62 bits per heavy atom. The molecule has 5 nitrogen and oxygen atoms in total. The Bertz CT molecular complexity index is 1150. The Hall–Kier alpha value is -2.73. The zero-order valence-corrected chi connectivity index (χ0v) is 16.2. The van der Waals surface area contributed by atoms with Crippen molar-refractivity contribution in [2.75, 3.05) is 19.6 Å². The van der Waals surface area contributed by atoms with Gasteiger partial charge in [0.2, 0.25) is 0 Å². The third kappa shape index (κ3) is 3.31. The molecule has 1 N–H and O–H groups in total. The topological polar surface area (TPSA) is 58.1 Å². The first kappa shape index (κ1) is 18.3. The predicted octanol–water partition coefficient (Wildman–Crippen LogP) is 2.95. The van der Waals surface area contributed by atoms with E-state index in [1.165, 1.54) is 10.1 Å². The summed E-state index contributed by atoms with van der Waals surface area (Å²) in [5.74, 6) is 1.68. The molecule has 0 radical (unpaired) electrons. The minimum atomic E-state index is -0.341. The van der Waals surface area contributed by atoms with E-state index >= 15 is 0 Å². The van der Waals surface area contributed by atoms with E-state index in [0.717, 1.165) is 32.5 Å². The lowest BCUT2D eigenvalue weighted by molar-refractivity contribution is 0.191. The zero-order chi connectivity index (χ0) is 20.0. The van der Waals surface area contributed by atoms with E-state index in [9.17, 15) is 14.0 Å². The van der Waals surface area contributed by atoms with Crippen molar-refractivity contribution in [3.63, 3.8) is 0 Å². The summed E-state index contributed by atoms with van der Waals surface area (Å²) >= 11 is 0. The van der Waals surface area contributed by atoms with Gasteiger partial charge in [0, 0.05) is 19.6 Å². The molecule has 1 aliphatic carbocycles. The summed E-state index contributed by atoms with van der Waals surface area (Å²) in [5, 5.41) is 0.549. The highest BCUT2D eigenvalue weighted by atomic mass is 19.1. The van der Waals surface area contributed by atoms with Gasteiger partial charge in [0.1, 0.15) is 5.82 Å². The molecule has 2 aliphatic rings. The number of nitrogens with zero attached hydrogens (tertiary/aromatic N) is 2. The molecule has 2 aromatic carbocycles. The smallest absolute Gasteiger partial charge is 0.307 e. The highest BCUT2D eigenvalue weighted by Crippen LogP contribution is 2.51. The van der Waals surface area contributed by atoms with Gasteiger partial charge >= 0.3 is 5.69 Å². The second-order valence-electron chi connectivity index (χ2n) is 8.36. The molecule has 0 spiro atoms. The number of para-hydroxylation sites is 1. The molecule has 3 unspecified atom stereocenters. The van der Waals surface area contributed by atoms with Crippen LogP contribution in [0.5, 0.6) is 0 Å². The van der Waals surface area contributed by atoms with E-state index in [4.69, 9.17) is 0 Å². The van der Waals surface area contributed by atoms with Crippen molar-refractivity contribution < 1.29 is 4.39 Å². The number of benzene rings is 2. The molecule has 3 aromatic rings. The standard InChI is InChI=1S/C23H24FN3O2/c24-17-8-6-15(7-9-17)19-12-16-13-26(14-20(16)19)10-3-11-27-22(28)18-4-1-2-5-21(18)25-23(27)29/h1-2,4-9,16,19-20H,3,10-14H2,(H,25,29). The fourth-order valence-electron chi connectivity index (χ4n) is 5.13. The maximum atomic E-state index is 13.2. The van der Waals surface area contributed by atoms with Gasteiger partial charge in [-0.3, -0.25) is 9.36 Å². The molecule has 0 amide bonds. The summed E-state index contributed by atoms with van der Waals surface area (Å²) in [7, 11) is 0. The van der Waals surface area contributed by atoms with Crippen LogP contribution in [-0.2, 0) is 6.54 Å². The molecule has 0 bridgehead atoms. The van der Waals surface area contributed by atoms with Gasteiger partial charge in [-0.2, -0.15) is 0 Å². The number of fused-ring (bicyclic) bond motifs is 2. The van der Waals surface area contributed by atoms with Gasteiger partial charge < -0.3 is 9.88 Å². The Morgan fingerprint density at radius 1 is 1.00 bits per heavy atom. The van der Waals surface area contributed by atoms with Crippen molar-refractivity contribution in [3.05, 3.63) is 80.7 Å². The molecule has 29 heavy (non-hydrogen) atoms. The number of halogens is 1. The van der Waals surface area contributed by atoms with Crippen LogP contribution >= 0.6 is 0 Å². The van der Waals surface area contributed by atoms with Crippen molar-refractivity contribution in [1.29, 1.82) is 0 Å². The molecular formula is C23H24FN3O2. The van der Waals surface area contributed by atoms with Crippen LogP contribution in [-0.4, -0.2) is 34.1 Å². The van der Waals surface area contributed by atoms with Gasteiger partial charge in [-0.15, -0.1) is 0 Å². The molecule has 2 heterocycles. The lowest BCUT2D eigenvalue weighted by atomic mass is 9.64. The molecule has 5 rings (SSSR count). The maximum Gasteiger partial charge on any atom is 0.328 e. The third-order valence-electron chi connectivity index (χ3n) is 6.68. The van der Waals surface area contributed by atoms with Crippen LogP contribution in [0, 0.1) is 17.7 Å². The van der Waals surface area contributed by atoms with Gasteiger partial charge in [0.05, 0.1) is 10.9 Å². The van der Waals surface area contributed by atoms with Crippen molar-refractivity contribution in [3.8, 4) is 0 Å². The second-order valence-corrected chi connectivity index (χ2v) is 8.36. The number of H-pyrrole nitrogens is 1. The third-order valence-corrected chi connectivity index (χ3v) is 6.68. The molecule has 6 heteroatoms. The van der Waals surface area contributed by atoms with Gasteiger partial charge in [0.15, 0.2) is 0 Å². The van der Waals surface area contributed by atoms with Gasteiger partial charge in [-0.1, -0.05) is 24.3 Å². The van der Waals surface area contributed by atoms with Crippen LogP contribution in [0.25, 0.3) is 10.9 Å². The normalized spacial score (nSPS) is 23.8. The van der Waals surface area contributed by atoms with Crippen molar-refractivity contribution in [2.45, 2.75) is 25.3 Å². The Kier molecular flexibility index (Phi) is 4.59. The van der Waals surface area contributed by atoms with Crippen LogP contribution in [0.1, 0.15) is 24.3 Å². The quantitative estimate of drug-likeness (QED) is 0.725. The van der Waals surface area contributed by atoms with Crippen LogP contribution in [0.4, 0.5) is 4.39 Å². The van der Waals surface area contributed by atoms with E-state index < -0.39 is 0 Å². The monoisotopic (exact) mass is 393 g/mol. The largest absolute Gasteiger partial charge is 0.328 e. The molecular weight excluding hydrogens is 369 g/mol. The minimum Gasteiger partial charge on any atom is -0.307 e. The maximum absolute atomic E-state index is 13.2. The number of hydrogen-bond donors (Lipinski definition) is 1. The zero-order valence-electron chi connectivity index (χ0n) is 16.2. The SMILES string of the molecule is O=c1[nH]c2ccccc2c(=O)n1CCCN1CC2CC(c3ccc(F)cc3)C2C1. The molecule has 1 saturated carbocycles. The van der Waals surface area contributed by atoms with E-state index in [1.54, 1.807) is 24.3 Å². The van der Waals surface area contributed by atoms with Crippen LogP contribution in [0.2, 0.25) is 0 Å². The molecule has 1 saturated heterocycles. The number of hydrogen-bond acceptors (Lipinski definition) is 3. The number of nitrogens with one attached hydrogen (secondary N) is 1. The highest BCUT2D eigenvalue weighted by molar-refractivity contribution is 5.76. The van der Waals surface area contributed by atoms with E-state index in [1.807, 2.05) is 24.3 Å². The molecule has 3 atom stereocenters. The minimum absolute atomic E-state index is 0.184. The number of likely N-dealkylation sites (tertiary alicyclic amines) is 1. The lowest BCUT2D eigenvalue weighted by Crippen LogP contribution is -2.36. The summed E-state index contributed by atoms with van der Waals surface area (Å²) in [6.07, 6.45) is 1.93. The molecule has 1 aromatic heterocycles. The van der Waals surface area contributed by atoms with E-state index in [2.05, 4.69) is 9.88 Å². The first-order chi connectivity index (χ1) is 14.1. The van der Waals surface area contributed by atoms with Crippen LogP contribution in [0.3, 0.4) is 0 Å². The fourth-order valence-corrected chi connectivity index (χ4v) is 5.13. The molecule has 2 fully saturated rings. The van der Waals surface area contributed by atoms with Crippen LogP contribution in [0.15, 0.2) is 58.1 Å². The fraction of sp³-hybridized carbons (Fsp3) is 0.391. The number of rotatable bonds is 5. The highest BCUT2D eigenvalue weighted by Gasteiger charge is 2.47. The summed E-state index contributed by atoms with van der Waals surface area (Å²) in [6, 6.07) is 14.0. The van der Waals surface area contributed by atoms with Crippen LogP contribution < -0.4 is 11.2 Å². The van der Waals surface area contributed by atoms with E-state index in [0.29, 0.717) is 35.2 Å². The average molecular weight is 393 g/mol. The Balaban J connectivity index is 1.21. The summed E-state index contributed by atoms with van der Waals surface area (Å²) < 4.78 is 14.5. The first-order valence-electron chi connectivity index (χ1n) is 10.3. The van der Waals surface area contributed by atoms with Gasteiger partial charge in [0.25, 0.3) is 5.56 Å². The van der Waals surface area contributed by atoms with Crippen molar-refractivity contribution in [2.24, 2.45) is 11.8 Å². The number of aromatic amines is 1. The Labute approximate surface area is 167 Å².